The number of para-hydroxylation sites is 1. The van der Waals surface area contributed by atoms with E-state index in [1.54, 1.807) is 37.3 Å². The Bertz CT molecular complexity index is 1120. The summed E-state index contributed by atoms with van der Waals surface area (Å²) in [6.45, 7) is 3.44. The molecular formula is C26H36N4O4S. The van der Waals surface area contributed by atoms with Crippen molar-refractivity contribution in [2.24, 2.45) is 0 Å². The van der Waals surface area contributed by atoms with Gasteiger partial charge in [-0.2, -0.15) is 12.7 Å². The highest BCUT2D eigenvalue weighted by atomic mass is 32.2. The Balaban J connectivity index is 1.91. The molecule has 2 aromatic rings. The van der Waals surface area contributed by atoms with Gasteiger partial charge in [-0.05, 0) is 49.9 Å². The molecule has 0 saturated heterocycles. The Labute approximate surface area is 209 Å². The zero-order valence-electron chi connectivity index (χ0n) is 21.0. The van der Waals surface area contributed by atoms with E-state index in [9.17, 15) is 18.0 Å². The van der Waals surface area contributed by atoms with Gasteiger partial charge in [0.1, 0.15) is 12.6 Å². The second kappa shape index (κ2) is 11.7. The van der Waals surface area contributed by atoms with Crippen LogP contribution < -0.4 is 9.62 Å². The molecule has 35 heavy (non-hydrogen) atoms. The fourth-order valence-corrected chi connectivity index (χ4v) is 5.31. The smallest absolute Gasteiger partial charge is 0.304 e. The maximum Gasteiger partial charge on any atom is 0.304 e. The minimum absolute atomic E-state index is 0.121. The quantitative estimate of drug-likeness (QED) is 0.543. The Morgan fingerprint density at radius 2 is 1.60 bits per heavy atom. The van der Waals surface area contributed by atoms with Gasteiger partial charge in [-0.15, -0.1) is 0 Å². The van der Waals surface area contributed by atoms with Crippen LogP contribution in [0.25, 0.3) is 0 Å². The van der Waals surface area contributed by atoms with Gasteiger partial charge in [0.15, 0.2) is 0 Å². The largest absolute Gasteiger partial charge is 0.352 e. The predicted octanol–water partition coefficient (Wildman–Crippen LogP) is 3.08. The molecule has 1 unspecified atom stereocenters. The van der Waals surface area contributed by atoms with Crippen molar-refractivity contribution in [1.82, 2.24) is 14.5 Å². The van der Waals surface area contributed by atoms with E-state index in [1.807, 2.05) is 31.2 Å². The molecule has 1 aliphatic carbocycles. The first-order valence-electron chi connectivity index (χ1n) is 12.0. The number of amides is 2. The van der Waals surface area contributed by atoms with Gasteiger partial charge >= 0.3 is 10.2 Å². The van der Waals surface area contributed by atoms with Crippen LogP contribution in [-0.2, 0) is 26.3 Å². The van der Waals surface area contributed by atoms with Crippen LogP contribution in [0.4, 0.5) is 5.69 Å². The van der Waals surface area contributed by atoms with Crippen molar-refractivity contribution >= 4 is 27.7 Å². The van der Waals surface area contributed by atoms with Crippen molar-refractivity contribution < 1.29 is 18.0 Å². The number of carbonyl (C=O) groups is 2. The third kappa shape index (κ3) is 6.61. The molecule has 1 fully saturated rings. The van der Waals surface area contributed by atoms with Crippen molar-refractivity contribution in [3.8, 4) is 0 Å². The van der Waals surface area contributed by atoms with Crippen LogP contribution in [0.2, 0.25) is 0 Å². The summed E-state index contributed by atoms with van der Waals surface area (Å²) in [6.07, 6.45) is 4.04. The lowest BCUT2D eigenvalue weighted by Gasteiger charge is -2.33. The molecular weight excluding hydrogens is 464 g/mol. The average Bonchev–Trinajstić information content (AvgIpc) is 3.34. The van der Waals surface area contributed by atoms with E-state index in [1.165, 1.54) is 19.0 Å². The summed E-state index contributed by atoms with van der Waals surface area (Å²) in [5.41, 5.74) is 2.28. The lowest BCUT2D eigenvalue weighted by atomic mass is 10.1. The summed E-state index contributed by atoms with van der Waals surface area (Å²) in [6, 6.07) is 15.6. The van der Waals surface area contributed by atoms with E-state index < -0.39 is 28.7 Å². The molecule has 2 aromatic carbocycles. The van der Waals surface area contributed by atoms with Gasteiger partial charge in [-0.3, -0.25) is 9.59 Å². The summed E-state index contributed by atoms with van der Waals surface area (Å²) in [4.78, 5) is 28.3. The van der Waals surface area contributed by atoms with Gasteiger partial charge in [0.25, 0.3) is 0 Å². The number of aryl methyl sites for hydroxylation is 1. The predicted molar refractivity (Wildman–Crippen MR) is 138 cm³/mol. The summed E-state index contributed by atoms with van der Waals surface area (Å²) < 4.78 is 28.4. The Kier molecular flexibility index (Phi) is 8.91. The number of nitrogens with one attached hydrogen (secondary N) is 1. The number of rotatable bonds is 10. The van der Waals surface area contributed by atoms with E-state index in [2.05, 4.69) is 5.32 Å². The number of benzene rings is 2. The molecule has 0 bridgehead atoms. The third-order valence-electron chi connectivity index (χ3n) is 6.53. The van der Waals surface area contributed by atoms with Gasteiger partial charge in [0.2, 0.25) is 11.8 Å². The molecule has 1 N–H and O–H groups in total. The molecule has 1 aliphatic rings. The van der Waals surface area contributed by atoms with Gasteiger partial charge in [0, 0.05) is 26.7 Å². The van der Waals surface area contributed by atoms with Gasteiger partial charge in [-0.1, -0.05) is 55.3 Å². The number of hydrogen-bond acceptors (Lipinski definition) is 4. The molecule has 0 radical (unpaired) electrons. The average molecular weight is 501 g/mol. The van der Waals surface area contributed by atoms with Crippen LogP contribution in [0.1, 0.15) is 43.7 Å². The summed E-state index contributed by atoms with van der Waals surface area (Å²) in [5.74, 6) is -0.669. The number of carbonyl (C=O) groups excluding carboxylic acids is 2. The second-order valence-corrected chi connectivity index (χ2v) is 11.3. The normalized spacial score (nSPS) is 15.1. The maximum atomic E-state index is 13.7. The Hall–Kier alpha value is -2.91. The highest BCUT2D eigenvalue weighted by Gasteiger charge is 2.33. The zero-order valence-corrected chi connectivity index (χ0v) is 21.8. The third-order valence-corrected chi connectivity index (χ3v) is 8.35. The summed E-state index contributed by atoms with van der Waals surface area (Å²) in [7, 11) is -1.09. The Morgan fingerprint density at radius 1 is 1.00 bits per heavy atom. The highest BCUT2D eigenvalue weighted by Crippen LogP contribution is 2.22. The summed E-state index contributed by atoms with van der Waals surface area (Å²) >= 11 is 0. The molecule has 2 amide bonds. The molecule has 3 rings (SSSR count). The number of hydrogen-bond donors (Lipinski definition) is 1. The molecule has 0 spiro atoms. The molecule has 0 aromatic heterocycles. The van der Waals surface area contributed by atoms with Gasteiger partial charge in [-0.25, -0.2) is 4.31 Å². The van der Waals surface area contributed by atoms with Crippen molar-refractivity contribution in [1.29, 1.82) is 0 Å². The maximum absolute atomic E-state index is 13.7. The first-order valence-corrected chi connectivity index (χ1v) is 13.4. The first kappa shape index (κ1) is 26.7. The monoisotopic (exact) mass is 500 g/mol. The van der Waals surface area contributed by atoms with Gasteiger partial charge < -0.3 is 10.2 Å². The number of anilines is 1. The van der Waals surface area contributed by atoms with Crippen LogP contribution in [0.3, 0.4) is 0 Å². The number of nitrogens with zero attached hydrogens (tertiary/aromatic N) is 3. The van der Waals surface area contributed by atoms with Crippen LogP contribution in [0.5, 0.6) is 0 Å². The van der Waals surface area contributed by atoms with Crippen LogP contribution in [0.15, 0.2) is 54.6 Å². The standard InChI is InChI=1S/C26H36N4O4S/c1-20-12-8-9-13-22(20)18-29(21(2)26(32)27-23-14-10-11-15-23)25(31)19-30(35(33,34)28(3)4)24-16-6-5-7-17-24/h5-9,12-13,16-17,21,23H,10-11,14-15,18-19H2,1-4H3,(H,27,32). The van der Waals surface area contributed by atoms with E-state index in [0.717, 1.165) is 45.4 Å². The Morgan fingerprint density at radius 3 is 2.20 bits per heavy atom. The zero-order chi connectivity index (χ0) is 25.6. The van der Waals surface area contributed by atoms with Crippen molar-refractivity contribution in [2.45, 2.75) is 58.2 Å². The van der Waals surface area contributed by atoms with E-state index in [0.29, 0.717) is 5.69 Å². The minimum Gasteiger partial charge on any atom is -0.352 e. The van der Waals surface area contributed by atoms with Crippen LogP contribution in [-0.4, -0.2) is 62.2 Å². The fraction of sp³-hybridized carbons (Fsp3) is 0.462. The highest BCUT2D eigenvalue weighted by molar-refractivity contribution is 7.90. The molecule has 0 heterocycles. The molecule has 9 heteroatoms. The lowest BCUT2D eigenvalue weighted by Crippen LogP contribution is -2.53. The van der Waals surface area contributed by atoms with Crippen molar-refractivity contribution in [3.05, 3.63) is 65.7 Å². The molecule has 190 valence electrons. The molecule has 1 atom stereocenters. The van der Waals surface area contributed by atoms with Crippen LogP contribution >= 0.6 is 0 Å². The van der Waals surface area contributed by atoms with E-state index in [4.69, 9.17) is 0 Å². The molecule has 0 aliphatic heterocycles. The van der Waals surface area contributed by atoms with Crippen molar-refractivity contribution in [3.63, 3.8) is 0 Å². The lowest BCUT2D eigenvalue weighted by molar-refractivity contribution is -0.139. The van der Waals surface area contributed by atoms with E-state index >= 15 is 0 Å². The fourth-order valence-electron chi connectivity index (χ4n) is 4.26. The topological polar surface area (TPSA) is 90.0 Å². The van der Waals surface area contributed by atoms with Crippen molar-refractivity contribution in [2.75, 3.05) is 24.9 Å². The SMILES string of the molecule is Cc1ccccc1CN(C(=O)CN(c1ccccc1)S(=O)(=O)N(C)C)C(C)C(=O)NC1CCCC1. The van der Waals surface area contributed by atoms with Gasteiger partial charge in [0.05, 0.1) is 5.69 Å². The van der Waals surface area contributed by atoms with Crippen LogP contribution in [0, 0.1) is 6.92 Å². The van der Waals surface area contributed by atoms with E-state index in [-0.39, 0.29) is 18.5 Å². The minimum atomic E-state index is -3.95. The molecule has 8 nitrogen and oxygen atoms in total. The molecule has 1 saturated carbocycles. The summed E-state index contributed by atoms with van der Waals surface area (Å²) in [5, 5.41) is 3.07. The first-order chi connectivity index (χ1) is 16.6. The second-order valence-electron chi connectivity index (χ2n) is 9.25.